The van der Waals surface area contributed by atoms with Gasteiger partial charge in [0.05, 0.1) is 19.3 Å². The number of aryl methyl sites for hydroxylation is 1. The van der Waals surface area contributed by atoms with E-state index in [-0.39, 0.29) is 24.1 Å². The number of nitrogens with zero attached hydrogens (tertiary/aromatic N) is 4. The van der Waals surface area contributed by atoms with Gasteiger partial charge < -0.3 is 10.1 Å². The van der Waals surface area contributed by atoms with Crippen molar-refractivity contribution in [1.29, 1.82) is 0 Å². The molecule has 2 aromatic heterocycles. The number of ether oxygens (including phenoxy) is 1. The van der Waals surface area contributed by atoms with Crippen LogP contribution in [0.25, 0.3) is 11.0 Å². The summed E-state index contributed by atoms with van der Waals surface area (Å²) in [5, 5.41) is 7.27. The molecular formula is C17H19N5O3. The molecule has 130 valence electrons. The number of methoxy groups -OCH3 is 1. The fraction of sp³-hybridized carbons (Fsp3) is 0.294. The first-order chi connectivity index (χ1) is 12.0. The lowest BCUT2D eigenvalue weighted by molar-refractivity contribution is -0.122. The van der Waals surface area contributed by atoms with Gasteiger partial charge in [-0.2, -0.15) is 5.10 Å². The number of nitrogens with one attached hydrogen (secondary N) is 1. The van der Waals surface area contributed by atoms with Crippen LogP contribution in [0.2, 0.25) is 0 Å². The van der Waals surface area contributed by atoms with Gasteiger partial charge >= 0.3 is 0 Å². The number of hydrogen-bond donors (Lipinski definition) is 1. The van der Waals surface area contributed by atoms with E-state index in [9.17, 15) is 9.59 Å². The maximum Gasteiger partial charge on any atom is 0.264 e. The van der Waals surface area contributed by atoms with Gasteiger partial charge in [-0.1, -0.05) is 18.2 Å². The Balaban J connectivity index is 1.76. The highest BCUT2D eigenvalue weighted by molar-refractivity contribution is 5.77. The summed E-state index contributed by atoms with van der Waals surface area (Å²) in [6.07, 6.45) is 2.82. The van der Waals surface area contributed by atoms with Crippen molar-refractivity contribution >= 4 is 16.9 Å². The molecule has 1 aromatic carbocycles. The first kappa shape index (κ1) is 16.7. The molecule has 0 radical (unpaired) electrons. The fourth-order valence-corrected chi connectivity index (χ4v) is 2.72. The molecule has 0 saturated carbocycles. The van der Waals surface area contributed by atoms with E-state index in [4.69, 9.17) is 4.74 Å². The molecule has 0 saturated heterocycles. The quantitative estimate of drug-likeness (QED) is 0.748. The molecule has 3 rings (SSSR count). The monoisotopic (exact) mass is 341 g/mol. The van der Waals surface area contributed by atoms with Gasteiger partial charge in [-0.05, 0) is 13.0 Å². The summed E-state index contributed by atoms with van der Waals surface area (Å²) in [5.41, 5.74) is 1.06. The second kappa shape index (κ2) is 6.76. The third-order valence-electron chi connectivity index (χ3n) is 4.02. The maximum atomic E-state index is 12.4. The molecular weight excluding hydrogens is 322 g/mol. The lowest BCUT2D eigenvalue weighted by Crippen LogP contribution is -2.34. The summed E-state index contributed by atoms with van der Waals surface area (Å²) >= 11 is 0. The summed E-state index contributed by atoms with van der Waals surface area (Å²) in [6, 6.07) is 7.22. The van der Waals surface area contributed by atoms with Gasteiger partial charge in [-0.15, -0.1) is 0 Å². The minimum Gasteiger partial charge on any atom is -0.496 e. The van der Waals surface area contributed by atoms with Crippen LogP contribution in [0.5, 0.6) is 5.75 Å². The Bertz CT molecular complexity index is 976. The molecule has 0 fully saturated rings. The van der Waals surface area contributed by atoms with Gasteiger partial charge in [0.2, 0.25) is 5.91 Å². The van der Waals surface area contributed by atoms with Gasteiger partial charge in [0.1, 0.15) is 24.0 Å². The van der Waals surface area contributed by atoms with Gasteiger partial charge in [0, 0.05) is 12.6 Å². The zero-order chi connectivity index (χ0) is 18.0. The first-order valence-electron chi connectivity index (χ1n) is 7.80. The van der Waals surface area contributed by atoms with Crippen LogP contribution in [-0.4, -0.2) is 32.3 Å². The van der Waals surface area contributed by atoms with Crippen LogP contribution in [0.4, 0.5) is 0 Å². The van der Waals surface area contributed by atoms with Crippen LogP contribution < -0.4 is 15.6 Å². The Kier molecular flexibility index (Phi) is 4.51. The second-order valence-corrected chi connectivity index (χ2v) is 5.71. The average molecular weight is 341 g/mol. The molecule has 1 unspecified atom stereocenters. The van der Waals surface area contributed by atoms with E-state index >= 15 is 0 Å². The largest absolute Gasteiger partial charge is 0.496 e. The molecule has 8 nitrogen and oxygen atoms in total. The number of rotatable bonds is 5. The fourth-order valence-electron chi connectivity index (χ4n) is 2.72. The highest BCUT2D eigenvalue weighted by Crippen LogP contribution is 2.24. The summed E-state index contributed by atoms with van der Waals surface area (Å²) in [5.74, 6) is 0.413. The second-order valence-electron chi connectivity index (χ2n) is 5.71. The van der Waals surface area contributed by atoms with Crippen LogP contribution >= 0.6 is 0 Å². The molecule has 1 N–H and O–H groups in total. The number of carbonyl (C=O) groups is 1. The van der Waals surface area contributed by atoms with Gasteiger partial charge in [0.25, 0.3) is 5.56 Å². The zero-order valence-corrected chi connectivity index (χ0v) is 14.3. The molecule has 1 amide bonds. The van der Waals surface area contributed by atoms with E-state index in [0.717, 1.165) is 5.56 Å². The van der Waals surface area contributed by atoms with Crippen LogP contribution in [0.1, 0.15) is 18.5 Å². The number of fused-ring (bicyclic) bond motifs is 1. The lowest BCUT2D eigenvalue weighted by Gasteiger charge is -2.17. The third-order valence-corrected chi connectivity index (χ3v) is 4.02. The number of para-hydroxylation sites is 1. The Labute approximate surface area is 144 Å². The summed E-state index contributed by atoms with van der Waals surface area (Å²) in [6.45, 7) is 1.75. The molecule has 0 bridgehead atoms. The summed E-state index contributed by atoms with van der Waals surface area (Å²) < 4.78 is 8.10. The van der Waals surface area contributed by atoms with E-state index in [2.05, 4.69) is 15.4 Å². The van der Waals surface area contributed by atoms with Crippen LogP contribution in [-0.2, 0) is 18.4 Å². The number of aromatic nitrogens is 4. The summed E-state index contributed by atoms with van der Waals surface area (Å²) in [7, 11) is 3.29. The van der Waals surface area contributed by atoms with Crippen molar-refractivity contribution in [2.75, 3.05) is 7.11 Å². The molecule has 0 spiro atoms. The molecule has 3 aromatic rings. The standard InChI is InChI=1S/C17H19N5O3/c1-11(12-6-4-5-7-14(12)25-3)20-15(23)9-22-10-18-16-13(17(22)24)8-19-21(16)2/h4-8,10-11H,9H2,1-3H3,(H,20,23). The molecule has 0 aliphatic carbocycles. The maximum absolute atomic E-state index is 12.4. The van der Waals surface area contributed by atoms with E-state index in [0.29, 0.717) is 16.8 Å². The SMILES string of the molecule is COc1ccccc1C(C)NC(=O)Cn1cnc2c(cnn2C)c1=O. The highest BCUT2D eigenvalue weighted by atomic mass is 16.5. The van der Waals surface area contributed by atoms with Crippen LogP contribution in [0.3, 0.4) is 0 Å². The van der Waals surface area contributed by atoms with Gasteiger partial charge in [-0.25, -0.2) is 4.98 Å². The minimum atomic E-state index is -0.293. The number of amides is 1. The van der Waals surface area contributed by atoms with Gasteiger partial charge in [-0.3, -0.25) is 18.8 Å². The van der Waals surface area contributed by atoms with Crippen LogP contribution in [0, 0.1) is 0 Å². The molecule has 25 heavy (non-hydrogen) atoms. The van der Waals surface area contributed by atoms with Crippen molar-refractivity contribution in [1.82, 2.24) is 24.6 Å². The smallest absolute Gasteiger partial charge is 0.264 e. The predicted molar refractivity (Wildman–Crippen MR) is 92.3 cm³/mol. The average Bonchev–Trinajstić information content (AvgIpc) is 2.99. The normalized spacial score (nSPS) is 12.1. The Hall–Kier alpha value is -3.16. The first-order valence-corrected chi connectivity index (χ1v) is 7.80. The van der Waals surface area contributed by atoms with Crippen molar-refractivity contribution in [3.8, 4) is 5.75 Å². The number of benzene rings is 1. The predicted octanol–water partition coefficient (Wildman–Crippen LogP) is 1.02. The Morgan fingerprint density at radius 2 is 2.12 bits per heavy atom. The molecule has 8 heteroatoms. The minimum absolute atomic E-state index is 0.115. The lowest BCUT2D eigenvalue weighted by atomic mass is 10.1. The molecule has 0 aliphatic heterocycles. The van der Waals surface area contributed by atoms with E-state index in [1.165, 1.54) is 21.8 Å². The molecule has 2 heterocycles. The van der Waals surface area contributed by atoms with Gasteiger partial charge in [0.15, 0.2) is 5.65 Å². The van der Waals surface area contributed by atoms with Crippen molar-refractivity contribution in [2.24, 2.45) is 7.05 Å². The van der Waals surface area contributed by atoms with Crippen molar-refractivity contribution in [2.45, 2.75) is 19.5 Å². The zero-order valence-electron chi connectivity index (χ0n) is 14.3. The highest BCUT2D eigenvalue weighted by Gasteiger charge is 2.15. The Morgan fingerprint density at radius 3 is 2.88 bits per heavy atom. The van der Waals surface area contributed by atoms with Crippen molar-refractivity contribution < 1.29 is 9.53 Å². The number of carbonyl (C=O) groups excluding carboxylic acids is 1. The van der Waals surface area contributed by atoms with Crippen molar-refractivity contribution in [3.63, 3.8) is 0 Å². The molecule has 1 atom stereocenters. The van der Waals surface area contributed by atoms with E-state index < -0.39 is 0 Å². The molecule has 0 aliphatic rings. The Morgan fingerprint density at radius 1 is 1.36 bits per heavy atom. The topological polar surface area (TPSA) is 91.0 Å². The third kappa shape index (κ3) is 3.23. The van der Waals surface area contributed by atoms with Crippen LogP contribution in [0.15, 0.2) is 41.6 Å². The van der Waals surface area contributed by atoms with Crippen molar-refractivity contribution in [3.05, 3.63) is 52.7 Å². The van der Waals surface area contributed by atoms with E-state index in [1.54, 1.807) is 14.2 Å². The summed E-state index contributed by atoms with van der Waals surface area (Å²) in [4.78, 5) is 28.9. The van der Waals surface area contributed by atoms with E-state index in [1.807, 2.05) is 31.2 Å². The number of hydrogen-bond acceptors (Lipinski definition) is 5.